The number of aromatic nitrogens is 3. The molecule has 3 aromatic rings. The third-order valence-corrected chi connectivity index (χ3v) is 5.41. The number of hydrogen-bond donors (Lipinski definition) is 1. The van der Waals surface area contributed by atoms with Crippen LogP contribution < -0.4 is 5.56 Å². The second-order valence-corrected chi connectivity index (χ2v) is 8.46. The van der Waals surface area contributed by atoms with Gasteiger partial charge in [0.25, 0.3) is 5.56 Å². The lowest BCUT2D eigenvalue weighted by Crippen LogP contribution is -2.36. The predicted molar refractivity (Wildman–Crippen MR) is 97.5 cm³/mol. The molecule has 1 aliphatic heterocycles. The fourth-order valence-corrected chi connectivity index (χ4v) is 3.75. The highest BCUT2D eigenvalue weighted by molar-refractivity contribution is 7.90. The SMILES string of the molecule is CS(=O)(=O)c1nc2c(c(=O)[nH]1)CN(Cc1ccc3ccccc3n1)CC2. The lowest BCUT2D eigenvalue weighted by molar-refractivity contribution is 0.238. The monoisotopic (exact) mass is 370 g/mol. The second kappa shape index (κ2) is 6.30. The molecule has 7 nitrogen and oxygen atoms in total. The van der Waals surface area contributed by atoms with Crippen LogP contribution in [-0.2, 0) is 29.3 Å². The average molecular weight is 370 g/mol. The van der Waals surface area contributed by atoms with Crippen molar-refractivity contribution in [1.82, 2.24) is 19.9 Å². The summed E-state index contributed by atoms with van der Waals surface area (Å²) in [6.07, 6.45) is 1.58. The normalized spacial score (nSPS) is 15.1. The molecule has 3 heterocycles. The zero-order valence-corrected chi connectivity index (χ0v) is 15.1. The summed E-state index contributed by atoms with van der Waals surface area (Å²) in [7, 11) is -3.53. The van der Waals surface area contributed by atoms with E-state index in [0.29, 0.717) is 37.3 Å². The Balaban J connectivity index is 1.59. The van der Waals surface area contributed by atoms with Gasteiger partial charge in [-0.3, -0.25) is 19.7 Å². The number of hydrogen-bond acceptors (Lipinski definition) is 6. The lowest BCUT2D eigenvalue weighted by Gasteiger charge is -2.27. The Morgan fingerprint density at radius 2 is 1.96 bits per heavy atom. The first-order valence-electron chi connectivity index (χ1n) is 8.29. The number of rotatable bonds is 3. The topological polar surface area (TPSA) is 96.0 Å². The Kier molecular flexibility index (Phi) is 4.08. The molecule has 0 fully saturated rings. The summed E-state index contributed by atoms with van der Waals surface area (Å²) in [5.74, 6) is 0. The lowest BCUT2D eigenvalue weighted by atomic mass is 10.1. The number of aromatic amines is 1. The molecule has 0 saturated carbocycles. The fourth-order valence-electron chi connectivity index (χ4n) is 3.19. The smallest absolute Gasteiger partial charge is 0.256 e. The molecule has 0 unspecified atom stereocenters. The van der Waals surface area contributed by atoms with Crippen molar-refractivity contribution in [2.75, 3.05) is 12.8 Å². The van der Waals surface area contributed by atoms with E-state index in [0.717, 1.165) is 22.9 Å². The minimum atomic E-state index is -3.53. The van der Waals surface area contributed by atoms with Crippen LogP contribution in [0.25, 0.3) is 10.9 Å². The van der Waals surface area contributed by atoms with Crippen molar-refractivity contribution in [3.05, 3.63) is 63.7 Å². The molecular formula is C18H18N4O3S. The number of benzene rings is 1. The van der Waals surface area contributed by atoms with Crippen molar-refractivity contribution >= 4 is 20.7 Å². The van der Waals surface area contributed by atoms with E-state index in [2.05, 4.69) is 19.9 Å². The van der Waals surface area contributed by atoms with Gasteiger partial charge in [-0.2, -0.15) is 0 Å². The predicted octanol–water partition coefficient (Wildman–Crippen LogP) is 1.28. The van der Waals surface area contributed by atoms with Gasteiger partial charge in [0.05, 0.1) is 22.5 Å². The molecule has 0 spiro atoms. The molecule has 0 bridgehead atoms. The molecule has 0 amide bonds. The molecule has 2 aromatic heterocycles. The maximum Gasteiger partial charge on any atom is 0.256 e. The quantitative estimate of drug-likeness (QED) is 0.698. The van der Waals surface area contributed by atoms with E-state index in [4.69, 9.17) is 0 Å². The number of sulfone groups is 1. The first-order valence-corrected chi connectivity index (χ1v) is 10.2. The van der Waals surface area contributed by atoms with Gasteiger partial charge in [-0.1, -0.05) is 24.3 Å². The van der Waals surface area contributed by atoms with Crippen molar-refractivity contribution in [1.29, 1.82) is 0 Å². The van der Waals surface area contributed by atoms with Crippen LogP contribution in [0.1, 0.15) is 17.0 Å². The Hall–Kier alpha value is -2.58. The number of nitrogens with zero attached hydrogens (tertiary/aromatic N) is 3. The average Bonchev–Trinajstić information content (AvgIpc) is 2.61. The third kappa shape index (κ3) is 3.25. The highest BCUT2D eigenvalue weighted by Crippen LogP contribution is 2.18. The minimum Gasteiger partial charge on any atom is -0.297 e. The van der Waals surface area contributed by atoms with E-state index in [1.54, 1.807) is 0 Å². The molecule has 0 aliphatic carbocycles. The summed E-state index contributed by atoms with van der Waals surface area (Å²) in [5.41, 5.74) is 2.59. The van der Waals surface area contributed by atoms with Crippen LogP contribution in [-0.4, -0.2) is 41.1 Å². The molecule has 26 heavy (non-hydrogen) atoms. The Morgan fingerprint density at radius 1 is 1.15 bits per heavy atom. The van der Waals surface area contributed by atoms with E-state index in [9.17, 15) is 13.2 Å². The Morgan fingerprint density at radius 3 is 2.77 bits per heavy atom. The maximum atomic E-state index is 12.3. The number of fused-ring (bicyclic) bond motifs is 2. The van der Waals surface area contributed by atoms with Crippen molar-refractivity contribution in [3.8, 4) is 0 Å². The molecule has 8 heteroatoms. The number of para-hydroxylation sites is 1. The van der Waals surface area contributed by atoms with Gasteiger partial charge in [0.15, 0.2) is 0 Å². The standard InChI is InChI=1S/C18H18N4O3S/c1-26(24,25)18-20-16-8-9-22(11-14(16)17(23)21-18)10-13-7-6-12-4-2-3-5-15(12)19-13/h2-7H,8-11H2,1H3,(H,20,21,23). The number of pyridine rings is 1. The van der Waals surface area contributed by atoms with Gasteiger partial charge in [-0.25, -0.2) is 13.4 Å². The Labute approximate surface area is 150 Å². The highest BCUT2D eigenvalue weighted by Gasteiger charge is 2.23. The van der Waals surface area contributed by atoms with Gasteiger partial charge in [-0.05, 0) is 12.1 Å². The van der Waals surface area contributed by atoms with Crippen LogP contribution >= 0.6 is 0 Å². The largest absolute Gasteiger partial charge is 0.297 e. The van der Waals surface area contributed by atoms with Gasteiger partial charge < -0.3 is 0 Å². The summed E-state index contributed by atoms with van der Waals surface area (Å²) in [4.78, 5) is 25.6. The van der Waals surface area contributed by atoms with E-state index in [1.165, 1.54) is 0 Å². The van der Waals surface area contributed by atoms with E-state index in [-0.39, 0.29) is 10.7 Å². The first-order chi connectivity index (χ1) is 12.4. The van der Waals surface area contributed by atoms with Crippen LogP contribution in [0.4, 0.5) is 0 Å². The van der Waals surface area contributed by atoms with Gasteiger partial charge in [0.1, 0.15) is 0 Å². The zero-order valence-electron chi connectivity index (χ0n) is 14.3. The van der Waals surface area contributed by atoms with Crippen molar-refractivity contribution in [2.45, 2.75) is 24.7 Å². The molecule has 0 atom stereocenters. The number of H-pyrrole nitrogens is 1. The molecule has 1 N–H and O–H groups in total. The molecule has 4 rings (SSSR count). The van der Waals surface area contributed by atoms with Crippen molar-refractivity contribution < 1.29 is 8.42 Å². The van der Waals surface area contributed by atoms with Crippen LogP contribution in [0.5, 0.6) is 0 Å². The van der Waals surface area contributed by atoms with E-state index >= 15 is 0 Å². The molecule has 0 radical (unpaired) electrons. The van der Waals surface area contributed by atoms with Crippen LogP contribution in [0, 0.1) is 0 Å². The van der Waals surface area contributed by atoms with Crippen LogP contribution in [0.3, 0.4) is 0 Å². The van der Waals surface area contributed by atoms with Gasteiger partial charge in [-0.15, -0.1) is 0 Å². The van der Waals surface area contributed by atoms with E-state index < -0.39 is 9.84 Å². The highest BCUT2D eigenvalue weighted by atomic mass is 32.2. The third-order valence-electron chi connectivity index (χ3n) is 4.52. The maximum absolute atomic E-state index is 12.3. The molecule has 1 aromatic carbocycles. The molecule has 1 aliphatic rings. The minimum absolute atomic E-state index is 0.258. The van der Waals surface area contributed by atoms with Crippen molar-refractivity contribution in [3.63, 3.8) is 0 Å². The fraction of sp³-hybridized carbons (Fsp3) is 0.278. The van der Waals surface area contributed by atoms with Gasteiger partial charge in [0, 0.05) is 37.7 Å². The zero-order chi connectivity index (χ0) is 18.3. The summed E-state index contributed by atoms with van der Waals surface area (Å²) in [5, 5.41) is 0.833. The second-order valence-electron chi connectivity index (χ2n) is 6.52. The summed E-state index contributed by atoms with van der Waals surface area (Å²) < 4.78 is 23.3. The summed E-state index contributed by atoms with van der Waals surface area (Å²) in [6, 6.07) is 12.0. The van der Waals surface area contributed by atoms with Gasteiger partial charge >= 0.3 is 0 Å². The molecular weight excluding hydrogens is 352 g/mol. The first kappa shape index (κ1) is 16.9. The molecule has 0 saturated heterocycles. The number of nitrogens with one attached hydrogen (secondary N) is 1. The molecule has 134 valence electrons. The Bertz CT molecular complexity index is 1150. The van der Waals surface area contributed by atoms with Gasteiger partial charge in [0.2, 0.25) is 15.0 Å². The van der Waals surface area contributed by atoms with Crippen LogP contribution in [0.2, 0.25) is 0 Å². The van der Waals surface area contributed by atoms with E-state index in [1.807, 2.05) is 36.4 Å². The van der Waals surface area contributed by atoms with Crippen molar-refractivity contribution in [2.24, 2.45) is 0 Å². The summed E-state index contributed by atoms with van der Waals surface area (Å²) in [6.45, 7) is 1.74. The summed E-state index contributed by atoms with van der Waals surface area (Å²) >= 11 is 0. The van der Waals surface area contributed by atoms with Crippen LogP contribution in [0.15, 0.2) is 46.3 Å².